The summed E-state index contributed by atoms with van der Waals surface area (Å²) in [6.07, 6.45) is 32.5. The zero-order chi connectivity index (χ0) is 62.8. The lowest BCUT2D eigenvalue weighted by Crippen LogP contribution is -2.48. The number of hydrogen-bond acceptors (Lipinski definition) is 16. The van der Waals surface area contributed by atoms with Crippen LogP contribution in [-0.2, 0) is 76.1 Å². The SMILES string of the molecule is C.C.C.C.C.C.CCC(C)(C)C(=O)OC1CC2CC(C(=O)OCOC3CCCCC3)C1C2.CCC(C)(C)C(=O)OC1CC2CC(C(=O)OCOCC34CC5CC(CC(C5)C3)C4)C1C2.CCC(C)C(=O)OC1CC2CC(C(=O)OCOCOCC34CC5CC(CC(C5)C3)C4)C1C2. The number of rotatable bonds is 25. The zero-order valence-corrected chi connectivity index (χ0v) is 55.8. The fourth-order valence-corrected chi connectivity index (χ4v) is 20.9. The highest BCUT2D eigenvalue weighted by Crippen LogP contribution is 2.62. The van der Waals surface area contributed by atoms with Crippen LogP contribution in [0.1, 0.15) is 286 Å². The van der Waals surface area contributed by atoms with Gasteiger partial charge in [-0.25, -0.2) is 0 Å². The van der Waals surface area contributed by atoms with Crippen LogP contribution in [0.5, 0.6) is 0 Å². The second kappa shape index (κ2) is 35.3. The summed E-state index contributed by atoms with van der Waals surface area (Å²) >= 11 is 0. The Balaban J connectivity index is 0.000000251. The molecule has 15 aliphatic carbocycles. The Bertz CT molecular complexity index is 2380. The van der Waals surface area contributed by atoms with Crippen molar-refractivity contribution in [3.05, 3.63) is 0 Å². The number of ether oxygens (including phenoxy) is 10. The van der Waals surface area contributed by atoms with E-state index in [1.54, 1.807) is 0 Å². The lowest BCUT2D eigenvalue weighted by molar-refractivity contribution is -0.185. The molecule has 15 rings (SSSR count). The first-order valence-electron chi connectivity index (χ1n) is 36.1. The number of carbonyl (C=O) groups is 6. The lowest BCUT2D eigenvalue weighted by atomic mass is 9.50. The van der Waals surface area contributed by atoms with Crippen LogP contribution in [0.3, 0.4) is 0 Å². The van der Waals surface area contributed by atoms with Gasteiger partial charge in [0.1, 0.15) is 18.3 Å². The standard InChI is InChI=1S/C26H40O6.C26H40O5.C21H34O5.6CH4/c1-3-16(2)24(27)32-23-9-17-7-21(23)22(8-17)25(28)31-15-30-14-29-13-26-10-18-4-19(11-26)6-20(5-18)12-26;1-4-25(2,3)24(28)31-22-10-16-8-20(22)21(9-16)23(27)30-15-29-14-26-11-17-5-18(12-26)7-19(6-17)13-26;1-4-21(2,3)20(23)26-18-12-14-10-16(18)17(11-14)19(22)25-13-24-15-8-6-5-7-9-15;;;;;;/h16-23H,3-15H2,1-2H3;16-22H,4-15H2,1-3H3;14-18H,4-13H2,1-3H3;6*1H4. The molecule has 0 radical (unpaired) electrons. The molecule has 13 atom stereocenters. The largest absolute Gasteiger partial charge is 0.462 e. The summed E-state index contributed by atoms with van der Waals surface area (Å²) in [5, 5.41) is 0. The first-order chi connectivity index (χ1) is 42.6. The van der Waals surface area contributed by atoms with Crippen molar-refractivity contribution in [3.8, 4) is 0 Å². The minimum absolute atomic E-state index is 0. The molecular formula is C79H138O16. The van der Waals surface area contributed by atoms with Crippen molar-refractivity contribution in [2.75, 3.05) is 40.4 Å². The molecule has 13 unspecified atom stereocenters. The Labute approximate surface area is 576 Å². The Morgan fingerprint density at radius 3 is 1.08 bits per heavy atom. The average Bonchev–Trinajstić information content (AvgIpc) is 1.55. The molecule has 550 valence electrons. The van der Waals surface area contributed by atoms with E-state index < -0.39 is 10.8 Å². The van der Waals surface area contributed by atoms with E-state index in [-0.39, 0.29) is 173 Å². The highest BCUT2D eigenvalue weighted by Gasteiger charge is 2.56. The van der Waals surface area contributed by atoms with Gasteiger partial charge in [0.05, 0.1) is 53.8 Å². The third-order valence-electron chi connectivity index (χ3n) is 25.8. The van der Waals surface area contributed by atoms with Gasteiger partial charge in [0, 0.05) is 17.8 Å². The summed E-state index contributed by atoms with van der Waals surface area (Å²) in [6, 6.07) is 0. The molecule has 0 N–H and O–H groups in total. The summed E-state index contributed by atoms with van der Waals surface area (Å²) in [7, 11) is 0. The molecule has 0 aromatic rings. The predicted octanol–water partition coefficient (Wildman–Crippen LogP) is 17.9. The Kier molecular flexibility index (Phi) is 30.6. The molecule has 15 aliphatic rings. The van der Waals surface area contributed by atoms with Crippen LogP contribution in [0.25, 0.3) is 0 Å². The van der Waals surface area contributed by atoms with Crippen molar-refractivity contribution in [1.82, 2.24) is 0 Å². The topological polar surface area (TPSA) is 195 Å². The Morgan fingerprint density at radius 1 is 0.400 bits per heavy atom. The first kappa shape index (κ1) is 82.3. The van der Waals surface area contributed by atoms with Gasteiger partial charge in [0.15, 0.2) is 27.2 Å². The minimum Gasteiger partial charge on any atom is -0.462 e. The van der Waals surface area contributed by atoms with Gasteiger partial charge in [0.2, 0.25) is 0 Å². The van der Waals surface area contributed by atoms with E-state index in [1.807, 2.05) is 55.4 Å². The van der Waals surface area contributed by atoms with E-state index in [4.69, 9.17) is 47.4 Å². The van der Waals surface area contributed by atoms with Crippen LogP contribution in [-0.4, -0.2) is 101 Å². The summed E-state index contributed by atoms with van der Waals surface area (Å²) in [6.45, 7) is 17.3. The van der Waals surface area contributed by atoms with E-state index in [9.17, 15) is 28.8 Å². The zero-order valence-electron chi connectivity index (χ0n) is 55.8. The fourth-order valence-electron chi connectivity index (χ4n) is 20.9. The van der Waals surface area contributed by atoms with Gasteiger partial charge in [-0.2, -0.15) is 0 Å². The van der Waals surface area contributed by atoms with Crippen LogP contribution >= 0.6 is 0 Å². The van der Waals surface area contributed by atoms with Gasteiger partial charge in [-0.05, 0) is 259 Å². The van der Waals surface area contributed by atoms with Crippen LogP contribution in [0, 0.1) is 116 Å². The number of hydrogen-bond donors (Lipinski definition) is 0. The molecule has 0 aromatic carbocycles. The van der Waals surface area contributed by atoms with Gasteiger partial charge in [-0.3, -0.25) is 28.8 Å². The van der Waals surface area contributed by atoms with E-state index in [0.29, 0.717) is 28.6 Å². The maximum Gasteiger partial charge on any atom is 0.311 e. The summed E-state index contributed by atoms with van der Waals surface area (Å²) in [5.41, 5.74) is -0.215. The summed E-state index contributed by atoms with van der Waals surface area (Å²) in [4.78, 5) is 75.1. The van der Waals surface area contributed by atoms with E-state index >= 15 is 0 Å². The second-order valence-corrected chi connectivity index (χ2v) is 33.2. The van der Waals surface area contributed by atoms with Crippen LogP contribution in [0.4, 0.5) is 0 Å². The lowest BCUT2D eigenvalue weighted by Gasteiger charge is -2.56. The molecule has 95 heavy (non-hydrogen) atoms. The normalized spacial score (nSPS) is 36.9. The molecular weight excluding hydrogens is 1200 g/mol. The quantitative estimate of drug-likeness (QED) is 0.0362. The van der Waals surface area contributed by atoms with Gasteiger partial charge in [0.25, 0.3) is 0 Å². The molecule has 0 aliphatic heterocycles. The van der Waals surface area contributed by atoms with Crippen LogP contribution < -0.4 is 0 Å². The Hall–Kier alpha value is -3.34. The van der Waals surface area contributed by atoms with Crippen molar-refractivity contribution in [3.63, 3.8) is 0 Å². The number of fused-ring (bicyclic) bond motifs is 6. The molecule has 0 saturated heterocycles. The molecule has 0 aromatic heterocycles. The molecule has 14 bridgehead atoms. The average molecular weight is 1340 g/mol. The van der Waals surface area contributed by atoms with Crippen molar-refractivity contribution in [2.24, 2.45) is 116 Å². The fraction of sp³-hybridized carbons (Fsp3) is 0.924. The van der Waals surface area contributed by atoms with E-state index in [0.717, 1.165) is 139 Å². The number of carbonyl (C=O) groups excluding carboxylic acids is 6. The molecule has 0 spiro atoms. The monoisotopic (exact) mass is 1340 g/mol. The van der Waals surface area contributed by atoms with E-state index in [2.05, 4.69) is 0 Å². The smallest absolute Gasteiger partial charge is 0.311 e. The molecule has 16 heteroatoms. The first-order valence-corrected chi connectivity index (χ1v) is 36.1. The maximum absolute atomic E-state index is 12.8. The summed E-state index contributed by atoms with van der Waals surface area (Å²) in [5.74, 6) is 5.63. The third kappa shape index (κ3) is 19.6. The van der Waals surface area contributed by atoms with Gasteiger partial charge < -0.3 is 47.4 Å². The van der Waals surface area contributed by atoms with Crippen LogP contribution in [0.2, 0.25) is 0 Å². The summed E-state index contributed by atoms with van der Waals surface area (Å²) < 4.78 is 56.9. The Morgan fingerprint density at radius 2 is 0.737 bits per heavy atom. The van der Waals surface area contributed by atoms with Crippen molar-refractivity contribution in [2.45, 2.75) is 311 Å². The molecule has 15 fully saturated rings. The van der Waals surface area contributed by atoms with Crippen LogP contribution in [0.15, 0.2) is 0 Å². The minimum atomic E-state index is -0.469. The van der Waals surface area contributed by atoms with Crippen molar-refractivity contribution < 1.29 is 76.1 Å². The van der Waals surface area contributed by atoms with Gasteiger partial charge in [-0.15, -0.1) is 0 Å². The molecule has 16 nitrogen and oxygen atoms in total. The predicted molar refractivity (Wildman–Crippen MR) is 370 cm³/mol. The second-order valence-electron chi connectivity index (χ2n) is 33.2. The third-order valence-corrected chi connectivity index (χ3v) is 25.8. The molecule has 0 amide bonds. The number of esters is 6. The molecule has 0 heterocycles. The highest BCUT2D eigenvalue weighted by atomic mass is 16.7. The van der Waals surface area contributed by atoms with E-state index in [1.165, 1.54) is 96.3 Å². The molecule has 15 saturated carbocycles. The van der Waals surface area contributed by atoms with Crippen molar-refractivity contribution >= 4 is 35.8 Å². The maximum atomic E-state index is 12.8. The van der Waals surface area contributed by atoms with Crippen molar-refractivity contribution in [1.29, 1.82) is 0 Å². The highest BCUT2D eigenvalue weighted by molar-refractivity contribution is 5.78. The van der Waals surface area contributed by atoms with Gasteiger partial charge in [-0.1, -0.05) is 91.5 Å². The van der Waals surface area contributed by atoms with Gasteiger partial charge >= 0.3 is 35.8 Å².